The SMILES string of the molecule is O=C(COC(=O)c1ccc(Cl)c(S(=O)(=O)N2CCCC2)c1)Nc1cc(C(F)(F)F)ccc1N1CCOCC1. The van der Waals surface area contributed by atoms with Crippen LogP contribution in [0.25, 0.3) is 0 Å². The van der Waals surface area contributed by atoms with E-state index in [0.29, 0.717) is 57.9 Å². The lowest BCUT2D eigenvalue weighted by Crippen LogP contribution is -2.37. The van der Waals surface area contributed by atoms with E-state index in [-0.39, 0.29) is 21.2 Å². The van der Waals surface area contributed by atoms with E-state index in [9.17, 15) is 31.2 Å². The molecule has 14 heteroatoms. The van der Waals surface area contributed by atoms with Crippen molar-refractivity contribution in [3.63, 3.8) is 0 Å². The molecular weight excluding hydrogens is 551 g/mol. The summed E-state index contributed by atoms with van der Waals surface area (Å²) in [6, 6.07) is 6.60. The molecule has 0 radical (unpaired) electrons. The van der Waals surface area contributed by atoms with Crippen molar-refractivity contribution in [3.8, 4) is 0 Å². The molecule has 0 saturated carbocycles. The second-order valence-corrected chi connectivity index (χ2v) is 11.0. The van der Waals surface area contributed by atoms with Gasteiger partial charge >= 0.3 is 12.1 Å². The molecule has 2 heterocycles. The summed E-state index contributed by atoms with van der Waals surface area (Å²) in [4.78, 5) is 26.7. The van der Waals surface area contributed by atoms with Gasteiger partial charge in [-0.2, -0.15) is 17.5 Å². The molecule has 2 saturated heterocycles. The number of esters is 1. The minimum Gasteiger partial charge on any atom is -0.452 e. The molecule has 1 N–H and O–H groups in total. The highest BCUT2D eigenvalue weighted by Gasteiger charge is 2.32. The van der Waals surface area contributed by atoms with Gasteiger partial charge in [0.1, 0.15) is 4.90 Å². The third-order valence-corrected chi connectivity index (χ3v) is 8.51. The maximum absolute atomic E-state index is 13.3. The van der Waals surface area contributed by atoms with E-state index in [0.717, 1.165) is 18.2 Å². The summed E-state index contributed by atoms with van der Waals surface area (Å²) in [7, 11) is -3.92. The second kappa shape index (κ2) is 11.5. The highest BCUT2D eigenvalue weighted by Crippen LogP contribution is 2.36. The van der Waals surface area contributed by atoms with Crippen LogP contribution in [0.15, 0.2) is 41.3 Å². The first-order valence-electron chi connectivity index (χ1n) is 11.8. The van der Waals surface area contributed by atoms with E-state index < -0.39 is 40.2 Å². The molecule has 0 unspecified atom stereocenters. The number of hydrogen-bond acceptors (Lipinski definition) is 7. The van der Waals surface area contributed by atoms with Crippen LogP contribution < -0.4 is 10.2 Å². The number of halogens is 4. The highest BCUT2D eigenvalue weighted by molar-refractivity contribution is 7.89. The molecule has 0 spiro atoms. The molecule has 2 aromatic rings. The Bertz CT molecular complexity index is 1310. The molecule has 2 aromatic carbocycles. The molecule has 0 aromatic heterocycles. The first-order valence-corrected chi connectivity index (χ1v) is 13.6. The number of hydrogen-bond donors (Lipinski definition) is 1. The van der Waals surface area contributed by atoms with Gasteiger partial charge in [0.15, 0.2) is 6.61 Å². The molecule has 2 aliphatic rings. The zero-order valence-corrected chi connectivity index (χ0v) is 21.7. The third-order valence-electron chi connectivity index (χ3n) is 6.13. The molecular formula is C24H25ClF3N3O6S. The molecule has 206 valence electrons. The van der Waals surface area contributed by atoms with Gasteiger partial charge in [-0.25, -0.2) is 13.2 Å². The van der Waals surface area contributed by atoms with Gasteiger partial charge in [-0.3, -0.25) is 4.79 Å². The normalized spacial score (nSPS) is 16.9. The molecule has 1 amide bonds. The quantitative estimate of drug-likeness (QED) is 0.501. The Labute approximate surface area is 222 Å². The number of sulfonamides is 1. The average Bonchev–Trinajstić information content (AvgIpc) is 3.44. The first kappa shape index (κ1) is 28.1. The summed E-state index contributed by atoms with van der Waals surface area (Å²) in [6.07, 6.45) is -3.20. The Hall–Kier alpha value is -2.87. The van der Waals surface area contributed by atoms with Crippen molar-refractivity contribution >= 4 is 44.9 Å². The van der Waals surface area contributed by atoms with E-state index in [1.54, 1.807) is 4.90 Å². The van der Waals surface area contributed by atoms with Crippen LogP contribution in [-0.4, -0.2) is 70.6 Å². The predicted molar refractivity (Wildman–Crippen MR) is 133 cm³/mol. The van der Waals surface area contributed by atoms with Crippen LogP contribution >= 0.6 is 11.6 Å². The number of benzene rings is 2. The number of alkyl halides is 3. The monoisotopic (exact) mass is 575 g/mol. The lowest BCUT2D eigenvalue weighted by Gasteiger charge is -2.31. The summed E-state index contributed by atoms with van der Waals surface area (Å²) in [5, 5.41) is 2.32. The summed E-state index contributed by atoms with van der Waals surface area (Å²) in [6.45, 7) is 1.47. The Morgan fingerprint density at radius 2 is 1.71 bits per heavy atom. The van der Waals surface area contributed by atoms with Gasteiger partial charge < -0.3 is 19.7 Å². The Morgan fingerprint density at radius 1 is 1.03 bits per heavy atom. The number of carbonyl (C=O) groups is 2. The van der Waals surface area contributed by atoms with E-state index in [2.05, 4.69) is 5.32 Å². The molecule has 0 aliphatic carbocycles. The number of ether oxygens (including phenoxy) is 2. The van der Waals surface area contributed by atoms with Crippen molar-refractivity contribution in [1.82, 2.24) is 4.31 Å². The van der Waals surface area contributed by atoms with Crippen LogP contribution in [0.4, 0.5) is 24.5 Å². The van der Waals surface area contributed by atoms with Crippen LogP contribution in [0.1, 0.15) is 28.8 Å². The van der Waals surface area contributed by atoms with Crippen LogP contribution in [0, 0.1) is 0 Å². The van der Waals surface area contributed by atoms with Gasteiger partial charge in [-0.1, -0.05) is 11.6 Å². The molecule has 0 bridgehead atoms. The standard InChI is InChI=1S/C24H25ClF3N3O6S/c25-18-5-3-16(13-21(18)38(34,35)31-7-1-2-8-31)23(33)37-15-22(32)29-19-14-17(24(26,27)28)4-6-20(19)30-9-11-36-12-10-30/h3-6,13-14H,1-2,7-12,15H2,(H,29,32). The summed E-state index contributed by atoms with van der Waals surface area (Å²) >= 11 is 6.09. The lowest BCUT2D eigenvalue weighted by atomic mass is 10.1. The molecule has 0 atom stereocenters. The largest absolute Gasteiger partial charge is 0.452 e. The fourth-order valence-corrected chi connectivity index (χ4v) is 6.21. The Balaban J connectivity index is 1.47. The smallest absolute Gasteiger partial charge is 0.416 e. The zero-order chi connectivity index (χ0) is 27.5. The number of carbonyl (C=O) groups excluding carboxylic acids is 2. The van der Waals surface area contributed by atoms with Crippen molar-refractivity contribution in [3.05, 3.63) is 52.5 Å². The highest BCUT2D eigenvalue weighted by atomic mass is 35.5. The zero-order valence-electron chi connectivity index (χ0n) is 20.1. The number of anilines is 2. The van der Waals surface area contributed by atoms with Crippen molar-refractivity contribution in [1.29, 1.82) is 0 Å². The average molecular weight is 576 g/mol. The molecule has 4 rings (SSSR count). The number of amides is 1. The third kappa shape index (κ3) is 6.40. The fraction of sp³-hybridized carbons (Fsp3) is 0.417. The van der Waals surface area contributed by atoms with Crippen molar-refractivity contribution in [2.45, 2.75) is 23.9 Å². The maximum atomic E-state index is 13.3. The molecule has 2 aliphatic heterocycles. The summed E-state index contributed by atoms with van der Waals surface area (Å²) in [5.41, 5.74) is -0.813. The minimum absolute atomic E-state index is 0.0635. The molecule has 2 fully saturated rings. The van der Waals surface area contributed by atoms with E-state index in [1.807, 2.05) is 0 Å². The van der Waals surface area contributed by atoms with Crippen LogP contribution in [-0.2, 0) is 30.5 Å². The summed E-state index contributed by atoms with van der Waals surface area (Å²) in [5.74, 6) is -1.86. The number of nitrogens with zero attached hydrogens (tertiary/aromatic N) is 2. The predicted octanol–water partition coefficient (Wildman–Crippen LogP) is 3.78. The van der Waals surface area contributed by atoms with Gasteiger partial charge in [0.2, 0.25) is 10.0 Å². The van der Waals surface area contributed by atoms with Gasteiger partial charge in [-0.15, -0.1) is 0 Å². The minimum atomic E-state index is -4.63. The van der Waals surface area contributed by atoms with Gasteiger partial charge in [-0.05, 0) is 49.2 Å². The Morgan fingerprint density at radius 3 is 2.37 bits per heavy atom. The maximum Gasteiger partial charge on any atom is 0.416 e. The lowest BCUT2D eigenvalue weighted by molar-refractivity contribution is -0.137. The number of morpholine rings is 1. The van der Waals surface area contributed by atoms with Gasteiger partial charge in [0, 0.05) is 26.2 Å². The van der Waals surface area contributed by atoms with Gasteiger partial charge in [0.25, 0.3) is 5.91 Å². The summed E-state index contributed by atoms with van der Waals surface area (Å²) < 4.78 is 77.2. The van der Waals surface area contributed by atoms with E-state index in [1.165, 1.54) is 22.5 Å². The Kier molecular flexibility index (Phi) is 8.50. The van der Waals surface area contributed by atoms with Crippen molar-refractivity contribution in [2.75, 3.05) is 56.2 Å². The molecule has 9 nitrogen and oxygen atoms in total. The van der Waals surface area contributed by atoms with E-state index >= 15 is 0 Å². The topological polar surface area (TPSA) is 105 Å². The van der Waals surface area contributed by atoms with E-state index in [4.69, 9.17) is 21.1 Å². The fourth-order valence-electron chi connectivity index (χ4n) is 4.19. The van der Waals surface area contributed by atoms with Crippen LogP contribution in [0.5, 0.6) is 0 Å². The van der Waals surface area contributed by atoms with Crippen molar-refractivity contribution in [2.24, 2.45) is 0 Å². The number of nitrogens with one attached hydrogen (secondary N) is 1. The van der Waals surface area contributed by atoms with Gasteiger partial charge in [0.05, 0.1) is 40.7 Å². The first-order chi connectivity index (χ1) is 18.0. The second-order valence-electron chi connectivity index (χ2n) is 8.71. The van der Waals surface area contributed by atoms with Crippen LogP contribution in [0.3, 0.4) is 0 Å². The van der Waals surface area contributed by atoms with Crippen molar-refractivity contribution < 1.29 is 40.7 Å². The number of rotatable bonds is 7. The molecule has 38 heavy (non-hydrogen) atoms. The van der Waals surface area contributed by atoms with Crippen LogP contribution in [0.2, 0.25) is 5.02 Å².